The Morgan fingerprint density at radius 1 is 1.41 bits per heavy atom. The maximum Gasteiger partial charge on any atom is 0.314 e. The molecule has 6 nitrogen and oxygen atoms in total. The normalized spacial score (nSPS) is 26.1. The predicted molar refractivity (Wildman–Crippen MR) is 109 cm³/mol. The summed E-state index contributed by atoms with van der Waals surface area (Å²) >= 11 is 3.67. The molecule has 0 unspecified atom stereocenters. The monoisotopic (exact) mass is 439 g/mol. The smallest absolute Gasteiger partial charge is 0.314 e. The summed E-state index contributed by atoms with van der Waals surface area (Å²) in [6, 6.07) is 6.33. The third kappa shape index (κ3) is 5.67. The van der Waals surface area contributed by atoms with Crippen molar-refractivity contribution in [2.45, 2.75) is 44.9 Å². The first-order valence-corrected chi connectivity index (χ1v) is 10.5. The van der Waals surface area contributed by atoms with Crippen molar-refractivity contribution < 1.29 is 14.3 Å². The van der Waals surface area contributed by atoms with E-state index in [1.54, 1.807) is 0 Å². The van der Waals surface area contributed by atoms with Gasteiger partial charge in [-0.3, -0.25) is 4.90 Å². The summed E-state index contributed by atoms with van der Waals surface area (Å²) < 4.78 is 13.4. The molecule has 150 valence electrons. The van der Waals surface area contributed by atoms with Gasteiger partial charge in [0.05, 0.1) is 19.3 Å². The molecule has 0 aliphatic carbocycles. The molecule has 3 rings (SSSR count). The Bertz CT molecular complexity index is 657. The number of urea groups is 1. The predicted octanol–water partition coefficient (Wildman–Crippen LogP) is 2.83. The quantitative estimate of drug-likeness (QED) is 0.740. The van der Waals surface area contributed by atoms with Crippen LogP contribution in [0.1, 0.15) is 30.9 Å². The zero-order valence-electron chi connectivity index (χ0n) is 16.2. The van der Waals surface area contributed by atoms with Gasteiger partial charge < -0.3 is 20.1 Å². The van der Waals surface area contributed by atoms with Crippen LogP contribution in [-0.4, -0.2) is 62.0 Å². The Morgan fingerprint density at radius 3 is 3.07 bits per heavy atom. The van der Waals surface area contributed by atoms with Crippen molar-refractivity contribution in [1.82, 2.24) is 15.5 Å². The molecule has 1 aromatic rings. The van der Waals surface area contributed by atoms with E-state index in [2.05, 4.69) is 56.6 Å². The lowest BCUT2D eigenvalue weighted by molar-refractivity contribution is -0.0847. The summed E-state index contributed by atoms with van der Waals surface area (Å²) in [6.07, 6.45) is 1.94. The number of carbonyl (C=O) groups is 1. The van der Waals surface area contributed by atoms with Gasteiger partial charge in [0, 0.05) is 37.2 Å². The van der Waals surface area contributed by atoms with Crippen molar-refractivity contribution in [3.8, 4) is 0 Å². The van der Waals surface area contributed by atoms with Gasteiger partial charge in [-0.05, 0) is 38.3 Å². The van der Waals surface area contributed by atoms with E-state index in [0.717, 1.165) is 43.6 Å². The van der Waals surface area contributed by atoms with E-state index in [-0.39, 0.29) is 17.7 Å². The van der Waals surface area contributed by atoms with E-state index in [1.807, 2.05) is 6.92 Å². The van der Waals surface area contributed by atoms with Gasteiger partial charge in [0.2, 0.25) is 0 Å². The highest BCUT2D eigenvalue weighted by Crippen LogP contribution is 2.33. The third-order valence-electron chi connectivity index (χ3n) is 5.19. The molecule has 2 saturated heterocycles. The molecule has 2 N–H and O–H groups in total. The molecular weight excluding hydrogens is 410 g/mol. The molecule has 2 amide bonds. The second-order valence-corrected chi connectivity index (χ2v) is 8.41. The highest BCUT2D eigenvalue weighted by molar-refractivity contribution is 9.10. The molecule has 2 fully saturated rings. The topological polar surface area (TPSA) is 62.8 Å². The van der Waals surface area contributed by atoms with Crippen LogP contribution < -0.4 is 10.6 Å². The fourth-order valence-corrected chi connectivity index (χ4v) is 4.25. The summed E-state index contributed by atoms with van der Waals surface area (Å²) in [4.78, 5) is 14.0. The molecule has 0 aromatic heterocycles. The third-order valence-corrected chi connectivity index (χ3v) is 5.96. The van der Waals surface area contributed by atoms with Crippen LogP contribution in [0.25, 0.3) is 0 Å². The van der Waals surface area contributed by atoms with Crippen LogP contribution in [0.5, 0.6) is 0 Å². The van der Waals surface area contributed by atoms with Crippen molar-refractivity contribution in [3.05, 3.63) is 33.8 Å². The number of hydrogen-bond donors (Lipinski definition) is 2. The number of rotatable bonds is 5. The van der Waals surface area contributed by atoms with Gasteiger partial charge in [-0.1, -0.05) is 33.6 Å². The minimum Gasteiger partial charge on any atom is -0.377 e. The van der Waals surface area contributed by atoms with Crippen LogP contribution >= 0.6 is 15.9 Å². The van der Waals surface area contributed by atoms with Crippen LogP contribution in [-0.2, 0) is 16.0 Å². The zero-order chi connectivity index (χ0) is 19.3. The number of amides is 2. The molecular formula is C20H30BrN3O3. The first kappa shape index (κ1) is 20.6. The van der Waals surface area contributed by atoms with Gasteiger partial charge in [-0.2, -0.15) is 0 Å². The number of nitrogens with one attached hydrogen (secondary N) is 2. The maximum atomic E-state index is 11.6. The van der Waals surface area contributed by atoms with Crippen LogP contribution in [0.3, 0.4) is 0 Å². The van der Waals surface area contributed by atoms with Crippen LogP contribution in [0.2, 0.25) is 0 Å². The number of ether oxygens (including phenoxy) is 2. The molecule has 1 spiro atoms. The first-order chi connectivity index (χ1) is 13.0. The van der Waals surface area contributed by atoms with E-state index in [9.17, 15) is 4.79 Å². The fourth-order valence-electron chi connectivity index (χ4n) is 3.88. The SMILES string of the molecule is CCNC(=O)NC[C@H]1CC[C@@]2(COCCN(Cc3cc(C)ccc3Br)C2)O1. The number of benzene rings is 1. The van der Waals surface area contributed by atoms with Crippen molar-refractivity contribution in [3.63, 3.8) is 0 Å². The number of nitrogens with zero attached hydrogens (tertiary/aromatic N) is 1. The van der Waals surface area contributed by atoms with E-state index in [4.69, 9.17) is 9.47 Å². The number of hydrogen-bond acceptors (Lipinski definition) is 4. The van der Waals surface area contributed by atoms with E-state index < -0.39 is 0 Å². The Hall–Kier alpha value is -1.15. The van der Waals surface area contributed by atoms with Gasteiger partial charge in [0.1, 0.15) is 5.60 Å². The minimum absolute atomic E-state index is 0.0434. The lowest BCUT2D eigenvalue weighted by atomic mass is 9.99. The Morgan fingerprint density at radius 2 is 2.26 bits per heavy atom. The summed E-state index contributed by atoms with van der Waals surface area (Å²) in [5.74, 6) is 0. The van der Waals surface area contributed by atoms with E-state index in [1.165, 1.54) is 11.1 Å². The summed E-state index contributed by atoms with van der Waals surface area (Å²) in [5, 5.41) is 5.64. The molecule has 2 aliphatic heterocycles. The molecule has 7 heteroatoms. The lowest BCUT2D eigenvalue weighted by Crippen LogP contribution is -2.46. The molecule has 2 heterocycles. The first-order valence-electron chi connectivity index (χ1n) is 9.74. The van der Waals surface area contributed by atoms with Gasteiger partial charge in [0.15, 0.2) is 0 Å². The maximum absolute atomic E-state index is 11.6. The number of aryl methyl sites for hydroxylation is 1. The largest absolute Gasteiger partial charge is 0.377 e. The standard InChI is InChI=1S/C20H30BrN3O3/c1-3-22-19(25)23-11-17-6-7-20(27-17)13-24(8-9-26-14-20)12-16-10-15(2)4-5-18(16)21/h4-5,10,17H,3,6-9,11-14H2,1-2H3,(H2,22,23,25)/t17-,20-/m1/s1. The molecule has 0 saturated carbocycles. The molecule has 27 heavy (non-hydrogen) atoms. The molecule has 0 radical (unpaired) electrons. The van der Waals surface area contributed by atoms with Gasteiger partial charge in [-0.25, -0.2) is 4.79 Å². The number of carbonyl (C=O) groups excluding carboxylic acids is 1. The molecule has 2 atom stereocenters. The average Bonchev–Trinajstić information content (AvgIpc) is 2.92. The highest BCUT2D eigenvalue weighted by atomic mass is 79.9. The van der Waals surface area contributed by atoms with E-state index >= 15 is 0 Å². The van der Waals surface area contributed by atoms with Crippen LogP contribution in [0, 0.1) is 6.92 Å². The molecule has 1 aromatic carbocycles. The number of halogens is 1. The van der Waals surface area contributed by atoms with Gasteiger partial charge in [-0.15, -0.1) is 0 Å². The molecule has 2 aliphatic rings. The van der Waals surface area contributed by atoms with Gasteiger partial charge in [0.25, 0.3) is 0 Å². The highest BCUT2D eigenvalue weighted by Gasteiger charge is 2.43. The van der Waals surface area contributed by atoms with Gasteiger partial charge >= 0.3 is 6.03 Å². The van der Waals surface area contributed by atoms with Crippen molar-refractivity contribution in [2.75, 3.05) is 39.4 Å². The van der Waals surface area contributed by atoms with Crippen LogP contribution in [0.4, 0.5) is 4.79 Å². The van der Waals surface area contributed by atoms with Crippen molar-refractivity contribution in [2.24, 2.45) is 0 Å². The van der Waals surface area contributed by atoms with E-state index in [0.29, 0.717) is 19.7 Å². The second-order valence-electron chi connectivity index (χ2n) is 7.56. The Kier molecular flexibility index (Phi) is 7.14. The Balaban J connectivity index is 1.59. The molecule has 0 bridgehead atoms. The average molecular weight is 440 g/mol. The fraction of sp³-hybridized carbons (Fsp3) is 0.650. The van der Waals surface area contributed by atoms with Crippen molar-refractivity contribution >= 4 is 22.0 Å². The lowest BCUT2D eigenvalue weighted by Gasteiger charge is -2.32. The zero-order valence-corrected chi connectivity index (χ0v) is 17.8. The summed E-state index contributed by atoms with van der Waals surface area (Å²) in [7, 11) is 0. The van der Waals surface area contributed by atoms with Crippen molar-refractivity contribution in [1.29, 1.82) is 0 Å². The Labute approximate surface area is 170 Å². The summed E-state index contributed by atoms with van der Waals surface area (Å²) in [5.41, 5.74) is 2.28. The minimum atomic E-state index is -0.277. The second kappa shape index (κ2) is 9.37. The summed E-state index contributed by atoms with van der Waals surface area (Å²) in [6.45, 7) is 9.15. The van der Waals surface area contributed by atoms with Crippen LogP contribution in [0.15, 0.2) is 22.7 Å².